The third kappa shape index (κ3) is 5.93. The number of amides is 2. The third-order valence-electron chi connectivity index (χ3n) is 3.79. The first-order valence-electron chi connectivity index (χ1n) is 8.09. The van der Waals surface area contributed by atoms with Crippen LogP contribution >= 0.6 is 0 Å². The lowest BCUT2D eigenvalue weighted by Gasteiger charge is -2.23. The summed E-state index contributed by atoms with van der Waals surface area (Å²) < 4.78 is 5.97. The summed E-state index contributed by atoms with van der Waals surface area (Å²) in [7, 11) is 0. The molecule has 1 aliphatic rings. The molecule has 2 rings (SSSR count). The van der Waals surface area contributed by atoms with Gasteiger partial charge in [0.2, 0.25) is 0 Å². The Morgan fingerprint density at radius 2 is 1.91 bits per heavy atom. The van der Waals surface area contributed by atoms with Crippen molar-refractivity contribution in [1.82, 2.24) is 10.6 Å². The molecule has 122 valence electrons. The Kier molecular flexibility index (Phi) is 6.52. The van der Waals surface area contributed by atoms with Crippen LogP contribution in [0.15, 0.2) is 24.3 Å². The molecule has 5 heteroatoms. The van der Waals surface area contributed by atoms with Gasteiger partial charge in [-0.1, -0.05) is 18.6 Å². The van der Waals surface area contributed by atoms with Crippen LogP contribution in [0.5, 0.6) is 5.75 Å². The molecule has 0 heterocycles. The van der Waals surface area contributed by atoms with Gasteiger partial charge in [0.05, 0.1) is 12.2 Å². The fourth-order valence-electron chi connectivity index (χ4n) is 2.55. The molecule has 2 amide bonds. The van der Waals surface area contributed by atoms with E-state index in [0.717, 1.165) is 24.2 Å². The van der Waals surface area contributed by atoms with Crippen molar-refractivity contribution in [3.63, 3.8) is 0 Å². The summed E-state index contributed by atoms with van der Waals surface area (Å²) >= 11 is 0. The molecule has 1 aromatic carbocycles. The monoisotopic (exact) mass is 306 g/mol. The van der Waals surface area contributed by atoms with E-state index >= 15 is 0 Å². The lowest BCUT2D eigenvalue weighted by Crippen LogP contribution is -2.38. The Hall–Kier alpha value is -1.75. The lowest BCUT2D eigenvalue weighted by atomic mass is 9.98. The molecule has 22 heavy (non-hydrogen) atoms. The molecule has 0 radical (unpaired) electrons. The minimum absolute atomic E-state index is 0.250. The summed E-state index contributed by atoms with van der Waals surface area (Å²) in [6, 6.07) is 7.57. The van der Waals surface area contributed by atoms with E-state index in [-0.39, 0.29) is 12.6 Å². The van der Waals surface area contributed by atoms with Crippen molar-refractivity contribution in [3.8, 4) is 5.75 Å². The second-order valence-corrected chi connectivity index (χ2v) is 5.93. The molecule has 1 aliphatic carbocycles. The molecule has 0 saturated heterocycles. The predicted molar refractivity (Wildman–Crippen MR) is 85.9 cm³/mol. The maximum absolute atomic E-state index is 11.5. The molecule has 3 N–H and O–H groups in total. The molecule has 1 atom stereocenters. The van der Waals surface area contributed by atoms with Gasteiger partial charge in [0, 0.05) is 13.1 Å². The van der Waals surface area contributed by atoms with E-state index < -0.39 is 6.10 Å². The van der Waals surface area contributed by atoms with E-state index in [2.05, 4.69) is 10.6 Å². The summed E-state index contributed by atoms with van der Waals surface area (Å²) in [4.78, 5) is 11.5. The van der Waals surface area contributed by atoms with E-state index in [0.29, 0.717) is 12.6 Å². The summed E-state index contributed by atoms with van der Waals surface area (Å²) in [5.74, 6) is 0.897. The number of aliphatic hydroxyl groups excluding tert-OH is 1. The SMILES string of the molecule is C[C@@H](O)CNC(=O)NCc1ccc(OC2CCCCC2)cc1. The maximum Gasteiger partial charge on any atom is 0.315 e. The van der Waals surface area contributed by atoms with Gasteiger partial charge in [-0.3, -0.25) is 0 Å². The number of urea groups is 1. The maximum atomic E-state index is 11.5. The Balaban J connectivity index is 1.73. The third-order valence-corrected chi connectivity index (χ3v) is 3.79. The molecule has 1 saturated carbocycles. The van der Waals surface area contributed by atoms with E-state index in [4.69, 9.17) is 9.84 Å². The molecule has 0 bridgehead atoms. The van der Waals surface area contributed by atoms with Crippen LogP contribution in [0, 0.1) is 0 Å². The zero-order valence-corrected chi connectivity index (χ0v) is 13.2. The Bertz CT molecular complexity index is 453. The van der Waals surface area contributed by atoms with Gasteiger partial charge >= 0.3 is 6.03 Å². The van der Waals surface area contributed by atoms with Crippen LogP contribution in [-0.4, -0.2) is 29.9 Å². The van der Waals surface area contributed by atoms with Gasteiger partial charge < -0.3 is 20.5 Å². The summed E-state index contributed by atoms with van der Waals surface area (Å²) in [5.41, 5.74) is 1.02. The second-order valence-electron chi connectivity index (χ2n) is 5.93. The predicted octanol–water partition coefficient (Wildman–Crippen LogP) is 2.58. The molecule has 0 unspecified atom stereocenters. The van der Waals surface area contributed by atoms with Crippen LogP contribution in [0.1, 0.15) is 44.6 Å². The number of carbonyl (C=O) groups is 1. The Morgan fingerprint density at radius 3 is 2.55 bits per heavy atom. The van der Waals surface area contributed by atoms with Crippen molar-refractivity contribution < 1.29 is 14.6 Å². The zero-order chi connectivity index (χ0) is 15.8. The first-order chi connectivity index (χ1) is 10.6. The zero-order valence-electron chi connectivity index (χ0n) is 13.2. The number of hydrogen-bond donors (Lipinski definition) is 3. The van der Waals surface area contributed by atoms with Crippen LogP contribution in [0.3, 0.4) is 0 Å². The van der Waals surface area contributed by atoms with Crippen LogP contribution in [-0.2, 0) is 6.54 Å². The fourth-order valence-corrected chi connectivity index (χ4v) is 2.55. The fraction of sp³-hybridized carbons (Fsp3) is 0.588. The number of aliphatic hydroxyl groups is 1. The number of hydrogen-bond acceptors (Lipinski definition) is 3. The summed E-state index contributed by atoms with van der Waals surface area (Å²) in [6.07, 6.45) is 5.94. The van der Waals surface area contributed by atoms with Crippen LogP contribution in [0.4, 0.5) is 4.79 Å². The van der Waals surface area contributed by atoms with E-state index in [1.807, 2.05) is 24.3 Å². The second kappa shape index (κ2) is 8.63. The number of ether oxygens (including phenoxy) is 1. The average Bonchev–Trinajstić information content (AvgIpc) is 2.53. The Labute approximate surface area is 132 Å². The first kappa shape index (κ1) is 16.6. The van der Waals surface area contributed by atoms with Crippen molar-refractivity contribution in [2.45, 2.75) is 57.8 Å². The van der Waals surface area contributed by atoms with E-state index in [1.165, 1.54) is 19.3 Å². The molecule has 5 nitrogen and oxygen atoms in total. The van der Waals surface area contributed by atoms with Crippen LogP contribution in [0.2, 0.25) is 0 Å². The number of rotatable bonds is 6. The normalized spacial score (nSPS) is 16.8. The molecular weight excluding hydrogens is 280 g/mol. The van der Waals surface area contributed by atoms with Gasteiger partial charge in [0.15, 0.2) is 0 Å². The summed E-state index contributed by atoms with van der Waals surface area (Å²) in [5, 5.41) is 14.4. The Morgan fingerprint density at radius 1 is 1.23 bits per heavy atom. The van der Waals surface area contributed by atoms with Crippen LogP contribution < -0.4 is 15.4 Å². The highest BCUT2D eigenvalue weighted by molar-refractivity contribution is 5.73. The van der Waals surface area contributed by atoms with Crippen molar-refractivity contribution in [3.05, 3.63) is 29.8 Å². The molecular formula is C17H26N2O3. The van der Waals surface area contributed by atoms with Gasteiger partial charge in [0.1, 0.15) is 5.75 Å². The largest absolute Gasteiger partial charge is 0.490 e. The molecule has 1 fully saturated rings. The topological polar surface area (TPSA) is 70.6 Å². The smallest absolute Gasteiger partial charge is 0.315 e. The molecule has 0 aromatic heterocycles. The highest BCUT2D eigenvalue weighted by Gasteiger charge is 2.14. The van der Waals surface area contributed by atoms with Gasteiger partial charge in [-0.05, 0) is 50.3 Å². The van der Waals surface area contributed by atoms with E-state index in [9.17, 15) is 4.79 Å². The quantitative estimate of drug-likeness (QED) is 0.756. The minimum Gasteiger partial charge on any atom is -0.490 e. The molecule has 0 aliphatic heterocycles. The van der Waals surface area contributed by atoms with E-state index in [1.54, 1.807) is 6.92 Å². The molecule has 1 aromatic rings. The highest BCUT2D eigenvalue weighted by Crippen LogP contribution is 2.23. The van der Waals surface area contributed by atoms with Crippen molar-refractivity contribution in [2.24, 2.45) is 0 Å². The lowest BCUT2D eigenvalue weighted by molar-refractivity contribution is 0.155. The van der Waals surface area contributed by atoms with Crippen molar-refractivity contribution in [2.75, 3.05) is 6.54 Å². The first-order valence-corrected chi connectivity index (χ1v) is 8.09. The average molecular weight is 306 g/mol. The van der Waals surface area contributed by atoms with Gasteiger partial charge in [0.25, 0.3) is 0 Å². The molecule has 0 spiro atoms. The number of carbonyl (C=O) groups excluding carboxylic acids is 1. The summed E-state index contributed by atoms with van der Waals surface area (Å²) in [6.45, 7) is 2.33. The minimum atomic E-state index is -0.540. The standard InChI is InChI=1S/C17H26N2O3/c1-13(20)11-18-17(21)19-12-14-7-9-16(10-8-14)22-15-5-3-2-4-6-15/h7-10,13,15,20H,2-6,11-12H2,1H3,(H2,18,19,21)/t13-/m1/s1. The van der Waals surface area contributed by atoms with Gasteiger partial charge in [-0.25, -0.2) is 4.79 Å². The number of nitrogens with one attached hydrogen (secondary N) is 2. The van der Waals surface area contributed by atoms with Crippen molar-refractivity contribution >= 4 is 6.03 Å². The van der Waals surface area contributed by atoms with Gasteiger partial charge in [-0.2, -0.15) is 0 Å². The van der Waals surface area contributed by atoms with Gasteiger partial charge in [-0.15, -0.1) is 0 Å². The highest BCUT2D eigenvalue weighted by atomic mass is 16.5. The number of benzene rings is 1. The van der Waals surface area contributed by atoms with Crippen LogP contribution in [0.25, 0.3) is 0 Å². The van der Waals surface area contributed by atoms with Crippen molar-refractivity contribution in [1.29, 1.82) is 0 Å².